The van der Waals surface area contributed by atoms with E-state index < -0.39 is 0 Å². The molecule has 0 radical (unpaired) electrons. The highest BCUT2D eigenvalue weighted by Gasteiger charge is 2.30. The fourth-order valence-corrected chi connectivity index (χ4v) is 5.56. The van der Waals surface area contributed by atoms with E-state index in [0.29, 0.717) is 41.7 Å². The first-order valence-corrected chi connectivity index (χ1v) is 14.0. The third kappa shape index (κ3) is 5.60. The first-order chi connectivity index (χ1) is 19.7. The summed E-state index contributed by atoms with van der Waals surface area (Å²) in [4.78, 5) is 33.2. The zero-order valence-corrected chi connectivity index (χ0v) is 24.9. The third-order valence-corrected chi connectivity index (χ3v) is 7.96. The van der Waals surface area contributed by atoms with Gasteiger partial charge in [0.1, 0.15) is 11.4 Å². The highest BCUT2D eigenvalue weighted by molar-refractivity contribution is 6.34. The minimum absolute atomic E-state index is 0.0457. The number of ether oxygens (including phenoxy) is 1. The van der Waals surface area contributed by atoms with Gasteiger partial charge < -0.3 is 24.0 Å². The van der Waals surface area contributed by atoms with Gasteiger partial charge in [0.25, 0.3) is 11.8 Å². The Hall–Kier alpha value is -4.07. The second kappa shape index (κ2) is 11.8. The highest BCUT2D eigenvalue weighted by atomic mass is 35.5. The van der Waals surface area contributed by atoms with Crippen molar-refractivity contribution >= 4 is 29.1 Å². The van der Waals surface area contributed by atoms with Crippen molar-refractivity contribution in [3.05, 3.63) is 106 Å². The molecule has 4 aromatic rings. The summed E-state index contributed by atoms with van der Waals surface area (Å²) >= 11 is 6.80. The lowest BCUT2D eigenvalue weighted by molar-refractivity contribution is 0.0775. The van der Waals surface area contributed by atoms with Crippen LogP contribution in [0.3, 0.4) is 0 Å². The van der Waals surface area contributed by atoms with Crippen molar-refractivity contribution in [3.8, 4) is 16.9 Å². The van der Waals surface area contributed by atoms with Crippen LogP contribution >= 0.6 is 11.6 Å². The first-order valence-electron chi connectivity index (χ1n) is 13.6. The van der Waals surface area contributed by atoms with Crippen LogP contribution in [0.15, 0.2) is 72.8 Å². The largest absolute Gasteiger partial charge is 0.496 e. The van der Waals surface area contributed by atoms with Gasteiger partial charge >= 0.3 is 0 Å². The standard InChI is InChI=1S/C33H35ClN4O3/c1-22-10-6-8-12-25(22)26-19-31(41-5)27(18-28(26)34)32(39)38-21-24-14-15-30(33(40)36(4)17-16-35(2)3)37(24)20-23-11-7-9-13-29(23)38/h6-15,18-19H,16-17,20-21H2,1-5H3. The number of amides is 2. The number of para-hydroxylation sites is 1. The molecule has 3 aromatic carbocycles. The van der Waals surface area contributed by atoms with Crippen molar-refractivity contribution in [2.24, 2.45) is 0 Å². The van der Waals surface area contributed by atoms with E-state index in [0.717, 1.165) is 40.2 Å². The summed E-state index contributed by atoms with van der Waals surface area (Å²) in [5.41, 5.74) is 6.48. The molecule has 0 atom stereocenters. The number of anilines is 1. The van der Waals surface area contributed by atoms with Crippen molar-refractivity contribution in [3.63, 3.8) is 0 Å². The summed E-state index contributed by atoms with van der Waals surface area (Å²) in [6.07, 6.45) is 0. The molecule has 0 fully saturated rings. The van der Waals surface area contributed by atoms with Crippen LogP contribution in [0.2, 0.25) is 5.02 Å². The molecule has 8 heteroatoms. The van der Waals surface area contributed by atoms with Crippen LogP contribution in [-0.2, 0) is 13.1 Å². The van der Waals surface area contributed by atoms with Crippen LogP contribution in [0.25, 0.3) is 11.1 Å². The van der Waals surface area contributed by atoms with Gasteiger partial charge in [0, 0.05) is 42.1 Å². The molecule has 0 saturated carbocycles. The van der Waals surface area contributed by atoms with Gasteiger partial charge in [-0.15, -0.1) is 0 Å². The average Bonchev–Trinajstić information content (AvgIpc) is 3.28. The maximum absolute atomic E-state index is 14.3. The first kappa shape index (κ1) is 28.5. The van der Waals surface area contributed by atoms with E-state index in [4.69, 9.17) is 16.3 Å². The van der Waals surface area contributed by atoms with Crippen LogP contribution in [0.5, 0.6) is 5.75 Å². The Labute approximate surface area is 246 Å². The zero-order valence-electron chi connectivity index (χ0n) is 24.1. The Morgan fingerprint density at radius 3 is 2.37 bits per heavy atom. The molecular formula is C33H35ClN4O3. The summed E-state index contributed by atoms with van der Waals surface area (Å²) in [5.74, 6) is 0.182. The van der Waals surface area contributed by atoms with Gasteiger partial charge in [-0.3, -0.25) is 9.59 Å². The highest BCUT2D eigenvalue weighted by Crippen LogP contribution is 2.38. The number of methoxy groups -OCH3 is 1. The average molecular weight is 571 g/mol. The lowest BCUT2D eigenvalue weighted by Gasteiger charge is -2.24. The number of likely N-dealkylation sites (N-methyl/N-ethyl adjacent to an activating group) is 2. The molecular weight excluding hydrogens is 536 g/mol. The molecule has 0 bridgehead atoms. The molecule has 2 amide bonds. The SMILES string of the molecule is COc1cc(-c2ccccc2C)c(Cl)cc1C(=O)N1Cc2ccc(C(=O)N(C)CCN(C)C)n2Cc2ccccc21. The predicted octanol–water partition coefficient (Wildman–Crippen LogP) is 5.97. The van der Waals surface area contributed by atoms with Gasteiger partial charge in [0.15, 0.2) is 0 Å². The molecule has 0 aliphatic carbocycles. The third-order valence-electron chi connectivity index (χ3n) is 7.65. The van der Waals surface area contributed by atoms with Gasteiger partial charge in [-0.1, -0.05) is 54.1 Å². The second-order valence-electron chi connectivity index (χ2n) is 10.7. The maximum Gasteiger partial charge on any atom is 0.270 e. The van der Waals surface area contributed by atoms with Crippen molar-refractivity contribution in [2.75, 3.05) is 46.2 Å². The normalized spacial score (nSPS) is 12.5. The molecule has 7 nitrogen and oxygen atoms in total. The summed E-state index contributed by atoms with van der Waals surface area (Å²) in [6.45, 7) is 4.19. The molecule has 0 N–H and O–H groups in total. The van der Waals surface area contributed by atoms with E-state index in [2.05, 4.69) is 4.90 Å². The Morgan fingerprint density at radius 2 is 1.63 bits per heavy atom. The number of carbonyl (C=O) groups is 2. The number of carbonyl (C=O) groups excluding carboxylic acids is 2. The minimum atomic E-state index is -0.224. The lowest BCUT2D eigenvalue weighted by Crippen LogP contribution is -2.34. The Kier molecular flexibility index (Phi) is 8.20. The van der Waals surface area contributed by atoms with E-state index in [9.17, 15) is 9.59 Å². The number of benzene rings is 3. The fraction of sp³-hybridized carbons (Fsp3) is 0.273. The minimum Gasteiger partial charge on any atom is -0.496 e. The summed E-state index contributed by atoms with van der Waals surface area (Å²) in [5, 5.41) is 0.476. The Balaban J connectivity index is 1.53. The Bertz CT molecular complexity index is 1610. The van der Waals surface area contributed by atoms with Crippen molar-refractivity contribution < 1.29 is 14.3 Å². The van der Waals surface area contributed by atoms with Crippen molar-refractivity contribution in [1.82, 2.24) is 14.4 Å². The van der Waals surface area contributed by atoms with E-state index >= 15 is 0 Å². The quantitative estimate of drug-likeness (QED) is 0.275. The van der Waals surface area contributed by atoms with Gasteiger partial charge in [-0.25, -0.2) is 0 Å². The maximum atomic E-state index is 14.3. The number of aromatic nitrogens is 1. The topological polar surface area (TPSA) is 58.0 Å². The lowest BCUT2D eigenvalue weighted by atomic mass is 9.98. The van der Waals surface area contributed by atoms with E-state index in [1.807, 2.05) is 99.4 Å². The molecule has 0 spiro atoms. The predicted molar refractivity (Wildman–Crippen MR) is 164 cm³/mol. The van der Waals surface area contributed by atoms with E-state index in [-0.39, 0.29) is 11.8 Å². The molecule has 0 saturated heterocycles. The van der Waals surface area contributed by atoms with Gasteiger partial charge in [-0.2, -0.15) is 0 Å². The molecule has 5 rings (SSSR count). The molecule has 212 valence electrons. The second-order valence-corrected chi connectivity index (χ2v) is 11.1. The number of fused-ring (bicyclic) bond motifs is 2. The zero-order chi connectivity index (χ0) is 29.3. The van der Waals surface area contributed by atoms with Crippen molar-refractivity contribution in [2.45, 2.75) is 20.0 Å². The van der Waals surface area contributed by atoms with Crippen LogP contribution in [0.1, 0.15) is 37.7 Å². The monoisotopic (exact) mass is 570 g/mol. The number of halogens is 1. The van der Waals surface area contributed by atoms with E-state index in [1.165, 1.54) is 0 Å². The Morgan fingerprint density at radius 1 is 0.902 bits per heavy atom. The molecule has 1 aliphatic heterocycles. The fourth-order valence-electron chi connectivity index (χ4n) is 5.29. The van der Waals surface area contributed by atoms with Crippen LogP contribution in [-0.4, -0.2) is 67.5 Å². The number of aryl methyl sites for hydroxylation is 1. The van der Waals surface area contributed by atoms with Crippen LogP contribution in [0.4, 0.5) is 5.69 Å². The van der Waals surface area contributed by atoms with Gasteiger partial charge in [-0.05, 0) is 68.0 Å². The number of hydrogen-bond acceptors (Lipinski definition) is 4. The molecule has 2 heterocycles. The molecule has 1 aliphatic rings. The molecule has 1 aromatic heterocycles. The number of rotatable bonds is 7. The van der Waals surface area contributed by atoms with Gasteiger partial charge in [0.2, 0.25) is 0 Å². The summed E-state index contributed by atoms with van der Waals surface area (Å²) in [7, 11) is 7.36. The van der Waals surface area contributed by atoms with Crippen molar-refractivity contribution in [1.29, 1.82) is 0 Å². The van der Waals surface area contributed by atoms with Gasteiger partial charge in [0.05, 0.1) is 25.8 Å². The molecule has 0 unspecified atom stereocenters. The number of hydrogen-bond donors (Lipinski definition) is 0. The number of nitrogens with zero attached hydrogens (tertiary/aromatic N) is 4. The van der Waals surface area contributed by atoms with Crippen LogP contribution in [0, 0.1) is 6.92 Å². The van der Waals surface area contributed by atoms with E-state index in [1.54, 1.807) is 23.0 Å². The molecule has 41 heavy (non-hydrogen) atoms. The summed E-state index contributed by atoms with van der Waals surface area (Å²) < 4.78 is 7.76. The summed E-state index contributed by atoms with van der Waals surface area (Å²) in [6, 6.07) is 23.1. The smallest absolute Gasteiger partial charge is 0.270 e. The van der Waals surface area contributed by atoms with Crippen LogP contribution < -0.4 is 9.64 Å².